The molecule has 19 heteroatoms. The molecule has 432 valence electrons. The molecule has 11 aliphatic rings. The van der Waals surface area contributed by atoms with Gasteiger partial charge in [-0.05, 0) is 79.9 Å². The molecule has 11 aliphatic heterocycles. The number of hydrogen-bond donors (Lipinski definition) is 5. The number of hydrogen-bond acceptors (Lipinski definition) is 19. The van der Waals surface area contributed by atoms with Crippen molar-refractivity contribution in [2.75, 3.05) is 13.7 Å². The number of ketones is 1. The fraction of sp³-hybridized carbons (Fsp3) is 0.862. The van der Waals surface area contributed by atoms with Crippen molar-refractivity contribution in [3.63, 3.8) is 0 Å². The molecule has 0 unspecified atom stereocenters. The Morgan fingerprint density at radius 3 is 2.17 bits per heavy atom. The molecule has 9 bridgehead atoms. The minimum absolute atomic E-state index is 0.0545. The van der Waals surface area contributed by atoms with E-state index in [1.165, 1.54) is 0 Å². The zero-order chi connectivity index (χ0) is 54.2. The Kier molecular flexibility index (Phi) is 16.6. The minimum Gasteiger partial charge on any atom is -0.489 e. The Hall–Kier alpha value is -2.44. The van der Waals surface area contributed by atoms with Crippen LogP contribution < -0.4 is 0 Å². The fourth-order valence-corrected chi connectivity index (χ4v) is 15.2. The minimum atomic E-state index is -1.57. The lowest BCUT2D eigenvalue weighted by Crippen LogP contribution is -2.63. The van der Waals surface area contributed by atoms with Crippen molar-refractivity contribution in [1.82, 2.24) is 0 Å². The second-order valence-electron chi connectivity index (χ2n) is 25.2. The summed E-state index contributed by atoms with van der Waals surface area (Å²) in [5.74, 6) is -3.47. The van der Waals surface area contributed by atoms with E-state index in [1.807, 2.05) is 26.8 Å². The van der Waals surface area contributed by atoms with Gasteiger partial charge in [0, 0.05) is 70.8 Å². The van der Waals surface area contributed by atoms with Gasteiger partial charge in [0.1, 0.15) is 48.2 Å². The Labute approximate surface area is 452 Å². The summed E-state index contributed by atoms with van der Waals surface area (Å²) in [6, 6.07) is 0. The van der Waals surface area contributed by atoms with Gasteiger partial charge in [-0.3, -0.25) is 9.59 Å². The summed E-state index contributed by atoms with van der Waals surface area (Å²) in [6.07, 6.45) is -4.50. The fourth-order valence-electron chi connectivity index (χ4n) is 15.2. The predicted octanol–water partition coefficient (Wildman–Crippen LogP) is 4.33. The van der Waals surface area contributed by atoms with Gasteiger partial charge in [0.15, 0.2) is 11.6 Å². The summed E-state index contributed by atoms with van der Waals surface area (Å²) in [5.41, 5.74) is 1.96. The van der Waals surface area contributed by atoms with E-state index in [4.69, 9.17) is 56.8 Å². The van der Waals surface area contributed by atoms with Gasteiger partial charge >= 0.3 is 5.97 Å². The third-order valence-corrected chi connectivity index (χ3v) is 19.4. The highest BCUT2D eigenvalue weighted by molar-refractivity contribution is 5.79. The number of aliphatic hydroxyl groups is 5. The first-order valence-electron chi connectivity index (χ1n) is 29.1. The maximum atomic E-state index is 14.4. The smallest absolute Gasteiger partial charge is 0.308 e. The van der Waals surface area contributed by atoms with Crippen molar-refractivity contribution in [3.05, 3.63) is 36.1 Å². The van der Waals surface area contributed by atoms with Crippen molar-refractivity contribution in [3.8, 4) is 0 Å². The van der Waals surface area contributed by atoms with Crippen LogP contribution in [0.2, 0.25) is 0 Å². The van der Waals surface area contributed by atoms with Crippen LogP contribution in [0, 0.1) is 23.7 Å². The van der Waals surface area contributed by atoms with E-state index in [-0.39, 0.29) is 99.2 Å². The van der Waals surface area contributed by atoms with E-state index in [0.29, 0.717) is 63.5 Å². The van der Waals surface area contributed by atoms with Crippen LogP contribution in [0.1, 0.15) is 137 Å². The summed E-state index contributed by atoms with van der Waals surface area (Å²) in [4.78, 5) is 28.5. The van der Waals surface area contributed by atoms with E-state index >= 15 is 0 Å². The van der Waals surface area contributed by atoms with Crippen molar-refractivity contribution >= 4 is 11.8 Å². The second kappa shape index (κ2) is 22.7. The van der Waals surface area contributed by atoms with Crippen LogP contribution in [-0.4, -0.2) is 191 Å². The number of carbonyl (C=O) groups is 2. The predicted molar refractivity (Wildman–Crippen MR) is 271 cm³/mol. The number of Topliss-reactive ketones (excluding diaryl/α,β-unsaturated/α-hetero) is 1. The number of carbonyl (C=O) groups excluding carboxylic acids is 2. The molecule has 0 aromatic rings. The lowest BCUT2D eigenvalue weighted by Gasteiger charge is -2.55. The number of esters is 1. The first-order chi connectivity index (χ1) is 36.8. The van der Waals surface area contributed by atoms with Gasteiger partial charge in [0.25, 0.3) is 0 Å². The number of methoxy groups -OCH3 is 1. The standard InChI is InChI=1S/C58H86O19/c1-27-14-34-8-10-39-28(2)15-36(67-39)12-13-57(65)25-49(66-7)43-22-48(75-57)56-40(70-43)11-9-35(69-56)18-51(63)74-55-32(6)54-45(71-46(55)21-41(68-34)31(27)5)19-37(61)42(72-54)16-33(60)17-44-52(64)29(3)23-58(76-44)24-30(4)53-47(77-58)20-38(62)50(26-59)73-53/h22,27,29-30,32,34-42,44-50,52-56,59,61-62,64-65H,2,5,8-21,23-26H2,1,3-4,6-7H3/t27-,29+,30+,32+,34+,35-,36+,37-,38-,39+,40+,41-,42-,44+,45+,46+,47+,48-,49-,50-,52+,53+,54+,55-,56+,57+,58-/m1/s1. The van der Waals surface area contributed by atoms with Gasteiger partial charge in [-0.25, -0.2) is 0 Å². The summed E-state index contributed by atoms with van der Waals surface area (Å²) in [6.45, 7) is 16.6. The molecular formula is C58H86O19. The summed E-state index contributed by atoms with van der Waals surface area (Å²) in [7, 11) is 1.60. The molecule has 27 atom stereocenters. The Morgan fingerprint density at radius 1 is 0.675 bits per heavy atom. The first-order valence-corrected chi connectivity index (χ1v) is 29.1. The third-order valence-electron chi connectivity index (χ3n) is 19.4. The molecule has 9 fully saturated rings. The van der Waals surface area contributed by atoms with Crippen molar-refractivity contribution < 1.29 is 92.0 Å². The lowest BCUT2D eigenvalue weighted by molar-refractivity contribution is -0.375. The molecule has 0 saturated carbocycles. The average Bonchev–Trinajstić information content (AvgIpc) is 3.69. The molecule has 0 aliphatic carbocycles. The highest BCUT2D eigenvalue weighted by Crippen LogP contribution is 2.49. The number of ether oxygens (including phenoxy) is 12. The van der Waals surface area contributed by atoms with Crippen LogP contribution in [0.4, 0.5) is 0 Å². The Bertz CT molecular complexity index is 2190. The number of aliphatic hydroxyl groups excluding tert-OH is 4. The summed E-state index contributed by atoms with van der Waals surface area (Å²) in [5, 5.41) is 55.8. The van der Waals surface area contributed by atoms with Crippen LogP contribution in [0.5, 0.6) is 0 Å². The van der Waals surface area contributed by atoms with Gasteiger partial charge in [-0.2, -0.15) is 0 Å². The van der Waals surface area contributed by atoms with E-state index in [1.54, 1.807) is 7.11 Å². The van der Waals surface area contributed by atoms with Crippen molar-refractivity contribution in [2.45, 2.75) is 277 Å². The molecule has 11 rings (SSSR count). The molecule has 0 aromatic heterocycles. The number of fused-ring (bicyclic) bond motifs is 9. The maximum absolute atomic E-state index is 14.4. The summed E-state index contributed by atoms with van der Waals surface area (Å²) < 4.78 is 78.5. The Balaban J connectivity index is 0.798. The molecule has 0 aromatic carbocycles. The molecule has 1 spiro atoms. The second-order valence-corrected chi connectivity index (χ2v) is 25.2. The highest BCUT2D eigenvalue weighted by atomic mass is 16.7. The topological polar surface area (TPSA) is 246 Å². The van der Waals surface area contributed by atoms with E-state index in [0.717, 1.165) is 24.0 Å². The van der Waals surface area contributed by atoms with Crippen LogP contribution >= 0.6 is 0 Å². The molecule has 19 nitrogen and oxygen atoms in total. The van der Waals surface area contributed by atoms with Crippen molar-refractivity contribution in [1.29, 1.82) is 0 Å². The van der Waals surface area contributed by atoms with Crippen LogP contribution in [0.25, 0.3) is 0 Å². The van der Waals surface area contributed by atoms with E-state index in [9.17, 15) is 35.1 Å². The van der Waals surface area contributed by atoms with Crippen LogP contribution in [-0.2, 0) is 66.4 Å². The molecular weight excluding hydrogens is 1000 g/mol. The van der Waals surface area contributed by atoms with Gasteiger partial charge in [0.2, 0.25) is 0 Å². The zero-order valence-electron chi connectivity index (χ0n) is 45.6. The highest BCUT2D eigenvalue weighted by Gasteiger charge is 2.57. The lowest BCUT2D eigenvalue weighted by atomic mass is 9.77. The van der Waals surface area contributed by atoms with Gasteiger partial charge in [-0.15, -0.1) is 0 Å². The summed E-state index contributed by atoms with van der Waals surface area (Å²) >= 11 is 0. The van der Waals surface area contributed by atoms with Gasteiger partial charge in [0.05, 0.1) is 105 Å². The zero-order valence-corrected chi connectivity index (χ0v) is 45.6. The molecule has 5 N–H and O–H groups in total. The maximum Gasteiger partial charge on any atom is 0.308 e. The molecule has 11 heterocycles. The monoisotopic (exact) mass is 1090 g/mol. The van der Waals surface area contributed by atoms with Gasteiger partial charge < -0.3 is 82.4 Å². The number of rotatable bonds is 6. The molecule has 77 heavy (non-hydrogen) atoms. The molecule has 9 saturated heterocycles. The van der Waals surface area contributed by atoms with Crippen LogP contribution in [0.3, 0.4) is 0 Å². The SMILES string of the molecule is C=C1C[C@@H]2CC[C@@]3(O)C[C@@H](OC)C4=C[C@@H](O3)[C@H]3O[C@H](CC[C@@H]3O4)CC(=O)O[C@@H]3[C@@H](C)[C@@H]4O[C@H](CC(=O)C[C@@H]5O[C@@]6(C[C@H](C)[C@@H]5O)C[C@H](C)[C@@H]5O[C@H](CO)[C@H](O)C[C@@H]5O6)[C@H](O)C[C@@H]4O[C@H]3C[C@H]3O[C@@H](CC[C@@H]1O2)C[C@@H](C)C3=C. The molecule has 0 radical (unpaired) electrons. The van der Waals surface area contributed by atoms with E-state index in [2.05, 4.69) is 20.1 Å². The quantitative estimate of drug-likeness (QED) is 0.184. The van der Waals surface area contributed by atoms with Gasteiger partial charge in [-0.1, -0.05) is 40.9 Å². The normalized spacial score (nSPS) is 51.4. The molecule has 0 amide bonds. The first kappa shape index (κ1) is 56.4. The van der Waals surface area contributed by atoms with E-state index < -0.39 is 121 Å². The van der Waals surface area contributed by atoms with Crippen LogP contribution in [0.15, 0.2) is 36.1 Å². The Morgan fingerprint density at radius 2 is 1.38 bits per heavy atom. The largest absolute Gasteiger partial charge is 0.489 e. The third kappa shape index (κ3) is 11.7. The van der Waals surface area contributed by atoms with Crippen molar-refractivity contribution in [2.24, 2.45) is 23.7 Å². The average molecular weight is 1090 g/mol.